The molecule has 19 heavy (non-hydrogen) atoms. The summed E-state index contributed by atoms with van der Waals surface area (Å²) in [6.07, 6.45) is 0.761. The van der Waals surface area contributed by atoms with Gasteiger partial charge in [0, 0.05) is 6.42 Å². The monoisotopic (exact) mass is 254 g/mol. The van der Waals surface area contributed by atoms with E-state index in [4.69, 9.17) is 0 Å². The molecule has 0 saturated heterocycles. The van der Waals surface area contributed by atoms with Gasteiger partial charge in [0.05, 0.1) is 0 Å². The minimum Gasteiger partial charge on any atom is -0.380 e. The fraction of sp³-hybridized carbons (Fsp3) is 0.235. The molecule has 0 fully saturated rings. The van der Waals surface area contributed by atoms with Crippen LogP contribution in [0.25, 0.3) is 0 Å². The predicted octanol–water partition coefficient (Wildman–Crippen LogP) is 3.29. The van der Waals surface area contributed by atoms with Crippen LogP contribution in [0.2, 0.25) is 0 Å². The summed E-state index contributed by atoms with van der Waals surface area (Å²) in [5, 5.41) is 11.1. The zero-order valence-corrected chi connectivity index (χ0v) is 11.0. The molecule has 0 heterocycles. The molecule has 0 spiro atoms. The van der Waals surface area contributed by atoms with Crippen LogP contribution >= 0.6 is 0 Å². The number of rotatable bonds is 5. The Morgan fingerprint density at radius 2 is 1.37 bits per heavy atom. The molecule has 0 aliphatic rings. The van der Waals surface area contributed by atoms with Crippen LogP contribution in [0.5, 0.6) is 0 Å². The van der Waals surface area contributed by atoms with Gasteiger partial charge < -0.3 is 9.90 Å². The van der Waals surface area contributed by atoms with Gasteiger partial charge in [-0.15, -0.1) is 0 Å². The fourth-order valence-corrected chi connectivity index (χ4v) is 2.24. The van der Waals surface area contributed by atoms with Gasteiger partial charge in [0.25, 0.3) is 0 Å². The summed E-state index contributed by atoms with van der Waals surface area (Å²) >= 11 is 0. The maximum absolute atomic E-state index is 11.2. The van der Waals surface area contributed by atoms with Gasteiger partial charge in [0.2, 0.25) is 0 Å². The van der Waals surface area contributed by atoms with Crippen LogP contribution in [-0.4, -0.2) is 10.9 Å². The van der Waals surface area contributed by atoms with Gasteiger partial charge in [0.1, 0.15) is 11.4 Å². The SMILES string of the molecule is CC(=O)CCC(O)(c1ccccc1)c1ccccc1. The Morgan fingerprint density at radius 1 is 0.947 bits per heavy atom. The lowest BCUT2D eigenvalue weighted by molar-refractivity contribution is -0.118. The molecule has 2 aromatic rings. The second-order valence-corrected chi connectivity index (χ2v) is 4.79. The number of benzene rings is 2. The quantitative estimate of drug-likeness (QED) is 0.889. The molecule has 0 saturated carbocycles. The zero-order valence-electron chi connectivity index (χ0n) is 11.0. The third-order valence-electron chi connectivity index (χ3n) is 3.34. The standard InChI is InChI=1S/C17H18O2/c1-14(18)12-13-17(19,15-8-4-2-5-9-15)16-10-6-3-7-11-16/h2-11,19H,12-13H2,1H3. The van der Waals surface area contributed by atoms with E-state index in [1.807, 2.05) is 60.7 Å². The van der Waals surface area contributed by atoms with Crippen LogP contribution < -0.4 is 0 Å². The molecule has 2 heteroatoms. The van der Waals surface area contributed by atoms with Crippen LogP contribution in [0.4, 0.5) is 0 Å². The van der Waals surface area contributed by atoms with Crippen molar-refractivity contribution in [3.8, 4) is 0 Å². The molecular weight excluding hydrogens is 236 g/mol. The Kier molecular flexibility index (Phi) is 4.13. The summed E-state index contributed by atoms with van der Waals surface area (Å²) in [6.45, 7) is 1.55. The first kappa shape index (κ1) is 13.5. The zero-order chi connectivity index (χ0) is 13.7. The van der Waals surface area contributed by atoms with E-state index in [-0.39, 0.29) is 5.78 Å². The lowest BCUT2D eigenvalue weighted by Crippen LogP contribution is -2.28. The molecule has 0 bridgehead atoms. The number of aliphatic hydroxyl groups is 1. The summed E-state index contributed by atoms with van der Waals surface area (Å²) in [4.78, 5) is 11.2. The molecule has 0 atom stereocenters. The van der Waals surface area contributed by atoms with Crippen molar-refractivity contribution in [2.24, 2.45) is 0 Å². The summed E-state index contributed by atoms with van der Waals surface area (Å²) < 4.78 is 0. The number of hydrogen-bond acceptors (Lipinski definition) is 2. The highest BCUT2D eigenvalue weighted by molar-refractivity contribution is 5.75. The fourth-order valence-electron chi connectivity index (χ4n) is 2.24. The highest BCUT2D eigenvalue weighted by Crippen LogP contribution is 2.33. The van der Waals surface area contributed by atoms with Crippen molar-refractivity contribution in [1.82, 2.24) is 0 Å². The first-order valence-electron chi connectivity index (χ1n) is 6.46. The number of hydrogen-bond donors (Lipinski definition) is 1. The van der Waals surface area contributed by atoms with Crippen molar-refractivity contribution in [3.63, 3.8) is 0 Å². The average molecular weight is 254 g/mol. The van der Waals surface area contributed by atoms with Crippen LogP contribution in [-0.2, 0) is 10.4 Å². The maximum Gasteiger partial charge on any atom is 0.129 e. The van der Waals surface area contributed by atoms with Crippen LogP contribution in [0, 0.1) is 0 Å². The molecule has 0 unspecified atom stereocenters. The van der Waals surface area contributed by atoms with Gasteiger partial charge in [-0.1, -0.05) is 60.7 Å². The Hall–Kier alpha value is -1.93. The number of ketones is 1. The lowest BCUT2D eigenvalue weighted by Gasteiger charge is -2.29. The van der Waals surface area contributed by atoms with Gasteiger partial charge in [-0.05, 0) is 24.5 Å². The Labute approximate surface area is 113 Å². The highest BCUT2D eigenvalue weighted by Gasteiger charge is 2.31. The molecule has 0 aliphatic carbocycles. The largest absolute Gasteiger partial charge is 0.380 e. The van der Waals surface area contributed by atoms with E-state index in [9.17, 15) is 9.90 Å². The van der Waals surface area contributed by atoms with E-state index < -0.39 is 5.60 Å². The van der Waals surface area contributed by atoms with E-state index in [0.29, 0.717) is 12.8 Å². The van der Waals surface area contributed by atoms with Crippen molar-refractivity contribution in [2.45, 2.75) is 25.4 Å². The molecule has 1 N–H and O–H groups in total. The summed E-state index contributed by atoms with van der Waals surface area (Å²) in [6, 6.07) is 19.0. The minimum atomic E-state index is -1.10. The third kappa shape index (κ3) is 3.09. The van der Waals surface area contributed by atoms with Gasteiger partial charge >= 0.3 is 0 Å². The van der Waals surface area contributed by atoms with Gasteiger partial charge in [0.15, 0.2) is 0 Å². The summed E-state index contributed by atoms with van der Waals surface area (Å²) in [5.41, 5.74) is 0.540. The number of carbonyl (C=O) groups is 1. The normalized spacial score (nSPS) is 11.3. The Morgan fingerprint density at radius 3 is 1.74 bits per heavy atom. The Balaban J connectivity index is 2.41. The van der Waals surface area contributed by atoms with E-state index in [2.05, 4.69) is 0 Å². The molecule has 0 radical (unpaired) electrons. The van der Waals surface area contributed by atoms with Gasteiger partial charge in [-0.2, -0.15) is 0 Å². The second-order valence-electron chi connectivity index (χ2n) is 4.79. The van der Waals surface area contributed by atoms with E-state index in [1.54, 1.807) is 6.92 Å². The first-order valence-corrected chi connectivity index (χ1v) is 6.46. The van der Waals surface area contributed by atoms with Crippen LogP contribution in [0.3, 0.4) is 0 Å². The average Bonchev–Trinajstić information content (AvgIpc) is 2.46. The van der Waals surface area contributed by atoms with Crippen molar-refractivity contribution < 1.29 is 9.90 Å². The van der Waals surface area contributed by atoms with Crippen LogP contribution in [0.15, 0.2) is 60.7 Å². The second kappa shape index (κ2) is 5.81. The molecule has 98 valence electrons. The smallest absolute Gasteiger partial charge is 0.129 e. The molecule has 0 aromatic heterocycles. The molecule has 0 amide bonds. The van der Waals surface area contributed by atoms with Gasteiger partial charge in [-0.3, -0.25) is 0 Å². The topological polar surface area (TPSA) is 37.3 Å². The molecule has 2 nitrogen and oxygen atoms in total. The van der Waals surface area contributed by atoms with Gasteiger partial charge in [-0.25, -0.2) is 0 Å². The minimum absolute atomic E-state index is 0.0882. The molecular formula is C17H18O2. The third-order valence-corrected chi connectivity index (χ3v) is 3.34. The maximum atomic E-state index is 11.2. The van der Waals surface area contributed by atoms with Crippen molar-refractivity contribution in [2.75, 3.05) is 0 Å². The van der Waals surface area contributed by atoms with Crippen molar-refractivity contribution >= 4 is 5.78 Å². The van der Waals surface area contributed by atoms with Crippen molar-refractivity contribution in [3.05, 3.63) is 71.8 Å². The first-order chi connectivity index (χ1) is 9.13. The van der Waals surface area contributed by atoms with Crippen molar-refractivity contribution in [1.29, 1.82) is 0 Å². The van der Waals surface area contributed by atoms with E-state index in [0.717, 1.165) is 11.1 Å². The highest BCUT2D eigenvalue weighted by atomic mass is 16.3. The number of carbonyl (C=O) groups excluding carboxylic acids is 1. The molecule has 2 rings (SSSR count). The predicted molar refractivity (Wildman–Crippen MR) is 75.8 cm³/mol. The lowest BCUT2D eigenvalue weighted by atomic mass is 9.82. The van der Waals surface area contributed by atoms with Crippen LogP contribution in [0.1, 0.15) is 30.9 Å². The summed E-state index contributed by atoms with van der Waals surface area (Å²) in [5.74, 6) is 0.0882. The van der Waals surface area contributed by atoms with E-state index in [1.165, 1.54) is 0 Å². The summed E-state index contributed by atoms with van der Waals surface area (Å²) in [7, 11) is 0. The molecule has 0 aliphatic heterocycles. The molecule has 2 aromatic carbocycles. The Bertz CT molecular complexity index is 492. The number of Topliss-reactive ketones (excluding diaryl/α,β-unsaturated/α-hetero) is 1. The van der Waals surface area contributed by atoms with E-state index >= 15 is 0 Å².